The molecule has 0 spiro atoms. The van der Waals surface area contributed by atoms with Crippen molar-refractivity contribution < 1.29 is 4.79 Å². The molecule has 1 rings (SSSR count). The number of carbonyl (C=O) groups is 1. The molecule has 0 saturated heterocycles. The third-order valence-corrected chi connectivity index (χ3v) is 1.93. The first-order valence-electron chi connectivity index (χ1n) is 2.00. The number of nitrogens with zero attached hydrogens (tertiary/aromatic N) is 2. The zero-order chi connectivity index (χ0) is 5.98. The fraction of sp³-hybridized carbons (Fsp3) is 0.667. The third-order valence-electron chi connectivity index (χ3n) is 0.637. The van der Waals surface area contributed by atoms with Gasteiger partial charge in [-0.2, -0.15) is 5.11 Å². The van der Waals surface area contributed by atoms with Crippen LogP contribution in [0.15, 0.2) is 10.2 Å². The van der Waals surface area contributed by atoms with Crippen molar-refractivity contribution in [1.29, 1.82) is 0 Å². The second kappa shape index (κ2) is 2.46. The molecule has 0 aromatic heterocycles. The Labute approximate surface area is 55.5 Å². The van der Waals surface area contributed by atoms with Gasteiger partial charge in [-0.15, -0.1) is 16.7 Å². The van der Waals surface area contributed by atoms with Gasteiger partial charge in [0.15, 0.2) is 0 Å². The minimum absolute atomic E-state index is 0.135. The molecule has 1 aliphatic heterocycles. The molecular formula is C3H3ClN2OS. The number of alkyl halides is 1. The largest absolute Gasteiger partial charge is 0.325 e. The first kappa shape index (κ1) is 6.04. The van der Waals surface area contributed by atoms with Gasteiger partial charge in [0.1, 0.15) is 5.37 Å². The van der Waals surface area contributed by atoms with E-state index in [1.54, 1.807) is 0 Å². The van der Waals surface area contributed by atoms with E-state index in [-0.39, 0.29) is 10.6 Å². The zero-order valence-electron chi connectivity index (χ0n) is 3.87. The first-order chi connectivity index (χ1) is 3.83. The van der Waals surface area contributed by atoms with Gasteiger partial charge < -0.3 is 0 Å². The highest BCUT2D eigenvalue weighted by Crippen LogP contribution is 2.23. The molecular weight excluding hydrogens is 148 g/mol. The number of hydrogen-bond acceptors (Lipinski definition) is 3. The summed E-state index contributed by atoms with van der Waals surface area (Å²) >= 11 is 6.41. The van der Waals surface area contributed by atoms with Crippen LogP contribution in [-0.2, 0) is 0 Å². The topological polar surface area (TPSA) is 41.8 Å². The third kappa shape index (κ3) is 1.20. The number of azo groups is 1. The molecule has 0 radical (unpaired) electrons. The number of carbonyl (C=O) groups excluding carboxylic acids is 1. The monoisotopic (exact) mass is 150 g/mol. The first-order valence-corrected chi connectivity index (χ1v) is 3.42. The standard InChI is InChI=1S/C3H3ClN2OS/c4-1-2-5-6-3(7)8-2/h2H,1H2. The summed E-state index contributed by atoms with van der Waals surface area (Å²) in [7, 11) is 0. The van der Waals surface area contributed by atoms with Crippen molar-refractivity contribution in [1.82, 2.24) is 0 Å². The number of hydrogen-bond donors (Lipinski definition) is 0. The minimum atomic E-state index is -0.240. The Morgan fingerprint density at radius 1 is 1.88 bits per heavy atom. The summed E-state index contributed by atoms with van der Waals surface area (Å²) in [5.74, 6) is 0.361. The maximum atomic E-state index is 10.3. The Morgan fingerprint density at radius 3 is 2.88 bits per heavy atom. The summed E-state index contributed by atoms with van der Waals surface area (Å²) in [5.41, 5.74) is 0. The van der Waals surface area contributed by atoms with Crippen molar-refractivity contribution in [2.45, 2.75) is 5.37 Å². The van der Waals surface area contributed by atoms with Crippen LogP contribution in [0.1, 0.15) is 0 Å². The molecule has 0 bridgehead atoms. The zero-order valence-corrected chi connectivity index (χ0v) is 5.45. The average molecular weight is 151 g/mol. The summed E-state index contributed by atoms with van der Waals surface area (Å²) in [4.78, 5) is 10.3. The van der Waals surface area contributed by atoms with Crippen molar-refractivity contribution in [3.8, 4) is 0 Å². The van der Waals surface area contributed by atoms with Crippen LogP contribution in [-0.4, -0.2) is 16.5 Å². The van der Waals surface area contributed by atoms with Crippen LogP contribution in [0.5, 0.6) is 0 Å². The highest BCUT2D eigenvalue weighted by molar-refractivity contribution is 8.14. The van der Waals surface area contributed by atoms with E-state index in [0.717, 1.165) is 11.8 Å². The summed E-state index contributed by atoms with van der Waals surface area (Å²) in [6.07, 6.45) is 0. The Balaban J connectivity index is 2.46. The van der Waals surface area contributed by atoms with Crippen molar-refractivity contribution in [3.63, 3.8) is 0 Å². The van der Waals surface area contributed by atoms with Gasteiger partial charge in [0, 0.05) is 0 Å². The smallest absolute Gasteiger partial charge is 0.258 e. The number of amides is 1. The van der Waals surface area contributed by atoms with Gasteiger partial charge in [0.25, 0.3) is 0 Å². The van der Waals surface area contributed by atoms with E-state index in [1.807, 2.05) is 0 Å². The van der Waals surface area contributed by atoms with Crippen LogP contribution in [0, 0.1) is 0 Å². The SMILES string of the molecule is O=C1N=NC(CCl)S1. The van der Waals surface area contributed by atoms with Gasteiger partial charge in [0.05, 0.1) is 5.88 Å². The Morgan fingerprint density at radius 2 is 2.62 bits per heavy atom. The molecule has 1 unspecified atom stereocenters. The van der Waals surface area contributed by atoms with E-state index >= 15 is 0 Å². The average Bonchev–Trinajstić information content (AvgIpc) is 2.14. The van der Waals surface area contributed by atoms with E-state index in [1.165, 1.54) is 0 Å². The lowest BCUT2D eigenvalue weighted by atomic mass is 10.8. The van der Waals surface area contributed by atoms with Gasteiger partial charge in [-0.3, -0.25) is 4.79 Å². The fourth-order valence-electron chi connectivity index (χ4n) is 0.337. The highest BCUT2D eigenvalue weighted by Gasteiger charge is 2.18. The molecule has 0 fully saturated rings. The van der Waals surface area contributed by atoms with E-state index in [0.29, 0.717) is 5.88 Å². The molecule has 0 N–H and O–H groups in total. The molecule has 0 aromatic carbocycles. The molecule has 1 amide bonds. The molecule has 8 heavy (non-hydrogen) atoms. The van der Waals surface area contributed by atoms with E-state index in [9.17, 15) is 4.79 Å². The summed E-state index contributed by atoms with van der Waals surface area (Å²) in [6.45, 7) is 0. The van der Waals surface area contributed by atoms with Crippen molar-refractivity contribution in [2.75, 3.05) is 5.88 Å². The minimum Gasteiger partial charge on any atom is -0.258 e. The molecule has 1 atom stereocenters. The van der Waals surface area contributed by atoms with Crippen molar-refractivity contribution >= 4 is 28.6 Å². The van der Waals surface area contributed by atoms with Gasteiger partial charge in [0.2, 0.25) is 0 Å². The lowest BCUT2D eigenvalue weighted by molar-refractivity contribution is 0.267. The number of rotatable bonds is 1. The lowest BCUT2D eigenvalue weighted by Gasteiger charge is -1.90. The Hall–Kier alpha value is -0.0900. The predicted octanol–water partition coefficient (Wildman–Crippen LogP) is 1.87. The maximum Gasteiger partial charge on any atom is 0.325 e. The van der Waals surface area contributed by atoms with Crippen LogP contribution < -0.4 is 0 Å². The fourth-order valence-corrected chi connectivity index (χ4v) is 1.07. The molecule has 1 aliphatic rings. The highest BCUT2D eigenvalue weighted by atomic mass is 35.5. The summed E-state index contributed by atoms with van der Waals surface area (Å²) in [5, 5.41) is 6.42. The van der Waals surface area contributed by atoms with Gasteiger partial charge in [-0.25, -0.2) is 0 Å². The molecule has 0 aliphatic carbocycles. The quantitative estimate of drug-likeness (QED) is 0.536. The second-order valence-electron chi connectivity index (χ2n) is 1.21. The van der Waals surface area contributed by atoms with Gasteiger partial charge in [-0.1, -0.05) is 0 Å². The summed E-state index contributed by atoms with van der Waals surface area (Å²) in [6, 6.07) is 0. The number of thioether (sulfide) groups is 1. The molecule has 5 heteroatoms. The molecule has 0 aromatic rings. The van der Waals surface area contributed by atoms with Crippen molar-refractivity contribution in [2.24, 2.45) is 10.2 Å². The molecule has 44 valence electrons. The molecule has 0 saturated carbocycles. The van der Waals surface area contributed by atoms with E-state index in [4.69, 9.17) is 11.6 Å². The van der Waals surface area contributed by atoms with Crippen LogP contribution in [0.4, 0.5) is 4.79 Å². The maximum absolute atomic E-state index is 10.3. The van der Waals surface area contributed by atoms with Crippen LogP contribution >= 0.6 is 23.4 Å². The Bertz CT molecular complexity index is 137. The molecule has 3 nitrogen and oxygen atoms in total. The van der Waals surface area contributed by atoms with Gasteiger partial charge in [-0.05, 0) is 11.8 Å². The van der Waals surface area contributed by atoms with Gasteiger partial charge >= 0.3 is 5.24 Å². The van der Waals surface area contributed by atoms with Crippen LogP contribution in [0.3, 0.4) is 0 Å². The second-order valence-corrected chi connectivity index (χ2v) is 2.65. The lowest BCUT2D eigenvalue weighted by Crippen LogP contribution is -1.94. The Kier molecular flexibility index (Phi) is 1.85. The normalized spacial score (nSPS) is 27.1. The number of halogens is 1. The summed E-state index contributed by atoms with van der Waals surface area (Å²) < 4.78 is 0. The van der Waals surface area contributed by atoms with Crippen LogP contribution in [0.25, 0.3) is 0 Å². The molecule has 1 heterocycles. The van der Waals surface area contributed by atoms with E-state index < -0.39 is 0 Å². The predicted molar refractivity (Wildman–Crippen MR) is 32.4 cm³/mol. The van der Waals surface area contributed by atoms with E-state index in [2.05, 4.69) is 10.2 Å². The van der Waals surface area contributed by atoms with Crippen LogP contribution in [0.2, 0.25) is 0 Å². The van der Waals surface area contributed by atoms with Crippen molar-refractivity contribution in [3.05, 3.63) is 0 Å².